The minimum absolute atomic E-state index is 0. The van der Waals surface area contributed by atoms with Crippen LogP contribution < -0.4 is 4.74 Å². The maximum Gasteiger partial charge on any atom is 0.119 e. The molecule has 4 rings (SSSR count). The van der Waals surface area contributed by atoms with Crippen molar-refractivity contribution in [2.45, 2.75) is 18.9 Å². The second-order valence-corrected chi connectivity index (χ2v) is 5.18. The van der Waals surface area contributed by atoms with E-state index < -0.39 is 0 Å². The van der Waals surface area contributed by atoms with E-state index >= 15 is 0 Å². The molecule has 0 saturated carbocycles. The summed E-state index contributed by atoms with van der Waals surface area (Å²) in [4.78, 5) is 2.50. The number of fused-ring (bicyclic) bond motifs is 3. The normalized spacial score (nSPS) is 30.8. The molecule has 0 spiro atoms. The van der Waals surface area contributed by atoms with Crippen LogP contribution in [0, 0.1) is 5.92 Å². The van der Waals surface area contributed by atoms with E-state index in [9.17, 15) is 0 Å². The summed E-state index contributed by atoms with van der Waals surface area (Å²) in [6.07, 6.45) is 2.96. The number of hydrogen-bond donors (Lipinski definition) is 0. The molecule has 3 saturated heterocycles. The molecule has 3 heterocycles. The Morgan fingerprint density at radius 3 is 2.29 bits per heavy atom. The van der Waals surface area contributed by atoms with E-state index in [4.69, 9.17) is 16.3 Å². The molecule has 0 aromatic heterocycles. The minimum Gasteiger partial charge on any atom is -0.489 e. The van der Waals surface area contributed by atoms with Gasteiger partial charge in [0.25, 0.3) is 0 Å². The SMILES string of the molecule is Cl.Clc1ccc(OC2CN3CCC2CC3)cc1. The van der Waals surface area contributed by atoms with Crippen LogP contribution in [0.5, 0.6) is 5.75 Å². The summed E-state index contributed by atoms with van der Waals surface area (Å²) in [7, 11) is 0. The predicted molar refractivity (Wildman–Crippen MR) is 72.3 cm³/mol. The lowest BCUT2D eigenvalue weighted by Crippen LogP contribution is -2.52. The average Bonchev–Trinajstić information content (AvgIpc) is 2.34. The number of halogens is 2. The van der Waals surface area contributed by atoms with Gasteiger partial charge in [-0.3, -0.25) is 4.90 Å². The van der Waals surface area contributed by atoms with Crippen molar-refractivity contribution < 1.29 is 4.74 Å². The maximum atomic E-state index is 6.04. The quantitative estimate of drug-likeness (QED) is 0.821. The Morgan fingerprint density at radius 1 is 1.12 bits per heavy atom. The molecule has 1 aromatic carbocycles. The summed E-state index contributed by atoms with van der Waals surface area (Å²) in [6, 6.07) is 7.69. The van der Waals surface area contributed by atoms with E-state index in [0.717, 1.165) is 23.2 Å². The fourth-order valence-electron chi connectivity index (χ4n) is 2.73. The van der Waals surface area contributed by atoms with Gasteiger partial charge in [-0.05, 0) is 56.1 Å². The lowest BCUT2D eigenvalue weighted by atomic mass is 9.86. The smallest absolute Gasteiger partial charge is 0.119 e. The molecule has 0 amide bonds. The van der Waals surface area contributed by atoms with E-state index in [-0.39, 0.29) is 12.4 Å². The third-order valence-electron chi connectivity index (χ3n) is 3.70. The molecule has 2 bridgehead atoms. The van der Waals surface area contributed by atoms with Gasteiger partial charge in [0.1, 0.15) is 11.9 Å². The highest BCUT2D eigenvalue weighted by Crippen LogP contribution is 2.30. The van der Waals surface area contributed by atoms with Crippen molar-refractivity contribution in [2.75, 3.05) is 19.6 Å². The van der Waals surface area contributed by atoms with Crippen molar-refractivity contribution >= 4 is 24.0 Å². The van der Waals surface area contributed by atoms with Crippen LogP contribution in [0.2, 0.25) is 5.02 Å². The molecule has 17 heavy (non-hydrogen) atoms. The molecule has 3 fully saturated rings. The summed E-state index contributed by atoms with van der Waals surface area (Å²) in [5.74, 6) is 1.70. The van der Waals surface area contributed by atoms with Gasteiger partial charge < -0.3 is 4.74 Å². The van der Waals surface area contributed by atoms with Crippen LogP contribution >= 0.6 is 24.0 Å². The van der Waals surface area contributed by atoms with Crippen LogP contribution in [0.15, 0.2) is 24.3 Å². The number of benzene rings is 1. The highest BCUT2D eigenvalue weighted by atomic mass is 35.5. The molecule has 0 aliphatic carbocycles. The Hall–Kier alpha value is -0.440. The van der Waals surface area contributed by atoms with Crippen molar-refractivity contribution in [2.24, 2.45) is 5.92 Å². The van der Waals surface area contributed by atoms with Gasteiger partial charge in [0, 0.05) is 11.6 Å². The summed E-state index contributed by atoms with van der Waals surface area (Å²) >= 11 is 5.85. The largest absolute Gasteiger partial charge is 0.489 e. The van der Waals surface area contributed by atoms with E-state index in [1.165, 1.54) is 25.9 Å². The maximum absolute atomic E-state index is 6.04. The van der Waals surface area contributed by atoms with Gasteiger partial charge in [0.15, 0.2) is 0 Å². The monoisotopic (exact) mass is 273 g/mol. The molecule has 0 radical (unpaired) electrons. The molecular weight excluding hydrogens is 257 g/mol. The molecule has 0 N–H and O–H groups in total. The molecule has 1 aromatic rings. The lowest BCUT2D eigenvalue weighted by molar-refractivity contribution is -0.00775. The van der Waals surface area contributed by atoms with E-state index in [0.29, 0.717) is 6.10 Å². The van der Waals surface area contributed by atoms with Gasteiger partial charge in [0.05, 0.1) is 0 Å². The highest BCUT2D eigenvalue weighted by molar-refractivity contribution is 6.30. The van der Waals surface area contributed by atoms with Crippen molar-refractivity contribution in [3.05, 3.63) is 29.3 Å². The van der Waals surface area contributed by atoms with Crippen molar-refractivity contribution in [1.29, 1.82) is 0 Å². The van der Waals surface area contributed by atoms with Gasteiger partial charge in [0.2, 0.25) is 0 Å². The molecule has 2 nitrogen and oxygen atoms in total. The van der Waals surface area contributed by atoms with Gasteiger partial charge >= 0.3 is 0 Å². The Bertz CT molecular complexity index is 360. The zero-order valence-electron chi connectivity index (χ0n) is 9.64. The molecular formula is C13H17Cl2NO. The van der Waals surface area contributed by atoms with Crippen LogP contribution in [0.3, 0.4) is 0 Å². The minimum atomic E-state index is 0. The molecule has 3 aliphatic rings. The summed E-state index contributed by atoms with van der Waals surface area (Å²) in [5.41, 5.74) is 0. The van der Waals surface area contributed by atoms with Crippen molar-refractivity contribution in [3.63, 3.8) is 0 Å². The Kier molecular flexibility index (Phi) is 4.18. The zero-order valence-corrected chi connectivity index (χ0v) is 11.2. The van der Waals surface area contributed by atoms with Gasteiger partial charge in [-0.15, -0.1) is 12.4 Å². The van der Waals surface area contributed by atoms with Crippen LogP contribution in [0.1, 0.15) is 12.8 Å². The van der Waals surface area contributed by atoms with E-state index in [1.54, 1.807) is 0 Å². The third kappa shape index (κ3) is 2.87. The first-order valence-corrected chi connectivity index (χ1v) is 6.33. The molecule has 1 atom stereocenters. The summed E-state index contributed by atoms with van der Waals surface area (Å²) in [6.45, 7) is 3.60. The van der Waals surface area contributed by atoms with Gasteiger partial charge in [-0.25, -0.2) is 0 Å². The van der Waals surface area contributed by atoms with Crippen molar-refractivity contribution in [3.8, 4) is 5.75 Å². The fraction of sp³-hybridized carbons (Fsp3) is 0.538. The zero-order chi connectivity index (χ0) is 11.0. The summed E-state index contributed by atoms with van der Waals surface area (Å²) in [5, 5.41) is 0.765. The van der Waals surface area contributed by atoms with Gasteiger partial charge in [-0.1, -0.05) is 11.6 Å². The van der Waals surface area contributed by atoms with Crippen molar-refractivity contribution in [1.82, 2.24) is 4.90 Å². The van der Waals surface area contributed by atoms with E-state index in [1.807, 2.05) is 24.3 Å². The van der Waals surface area contributed by atoms with E-state index in [2.05, 4.69) is 4.90 Å². The Balaban J connectivity index is 0.00000108. The second kappa shape index (κ2) is 5.47. The predicted octanol–water partition coefficient (Wildman–Crippen LogP) is 3.23. The first-order valence-electron chi connectivity index (χ1n) is 5.96. The number of ether oxygens (including phenoxy) is 1. The molecule has 94 valence electrons. The first-order chi connectivity index (χ1) is 7.81. The second-order valence-electron chi connectivity index (χ2n) is 4.75. The molecule has 1 unspecified atom stereocenters. The Labute approximate surface area is 113 Å². The topological polar surface area (TPSA) is 12.5 Å². The summed E-state index contributed by atoms with van der Waals surface area (Å²) < 4.78 is 6.04. The van der Waals surface area contributed by atoms with Crippen LogP contribution in [-0.2, 0) is 0 Å². The standard InChI is InChI=1S/C13H16ClNO.ClH/c14-11-1-3-12(4-2-11)16-13-9-15-7-5-10(13)6-8-15;/h1-4,10,13H,5-9H2;1H. The average molecular weight is 274 g/mol. The number of rotatable bonds is 2. The first kappa shape index (κ1) is 13.0. The number of piperidine rings is 3. The molecule has 3 aliphatic heterocycles. The van der Waals surface area contributed by atoms with Gasteiger partial charge in [-0.2, -0.15) is 0 Å². The fourth-order valence-corrected chi connectivity index (χ4v) is 2.86. The molecule has 4 heteroatoms. The van der Waals surface area contributed by atoms with Crippen LogP contribution in [-0.4, -0.2) is 30.6 Å². The number of nitrogens with zero attached hydrogens (tertiary/aromatic N) is 1. The Morgan fingerprint density at radius 2 is 1.76 bits per heavy atom. The highest BCUT2D eigenvalue weighted by Gasteiger charge is 2.35. The number of hydrogen-bond acceptors (Lipinski definition) is 2. The van der Waals surface area contributed by atoms with Crippen LogP contribution in [0.4, 0.5) is 0 Å². The van der Waals surface area contributed by atoms with Crippen LogP contribution in [0.25, 0.3) is 0 Å². The third-order valence-corrected chi connectivity index (χ3v) is 3.95. The lowest BCUT2D eigenvalue weighted by Gasteiger charge is -2.44.